The number of ether oxygens (including phenoxy) is 2. The van der Waals surface area contributed by atoms with Gasteiger partial charge in [0, 0.05) is 41.4 Å². The van der Waals surface area contributed by atoms with Crippen LogP contribution < -0.4 is 14.9 Å². The first kappa shape index (κ1) is 37.9. The van der Waals surface area contributed by atoms with E-state index in [2.05, 4.69) is 10.4 Å². The van der Waals surface area contributed by atoms with Gasteiger partial charge in [0.25, 0.3) is 11.8 Å². The van der Waals surface area contributed by atoms with E-state index in [-0.39, 0.29) is 47.8 Å². The number of nitrogens with one attached hydrogen (secondary N) is 1. The van der Waals surface area contributed by atoms with Crippen LogP contribution >= 0.6 is 23.2 Å². The highest BCUT2D eigenvalue weighted by atomic mass is 35.5. The zero-order valence-corrected chi connectivity index (χ0v) is 30.4. The van der Waals surface area contributed by atoms with E-state index in [0.717, 1.165) is 4.90 Å². The molecule has 3 aromatic rings. The number of allylic oxidation sites excluding steroid dienone is 2. The quantitative estimate of drug-likeness (QED) is 0.182. The van der Waals surface area contributed by atoms with E-state index in [0.29, 0.717) is 27.9 Å². The van der Waals surface area contributed by atoms with Crippen LogP contribution in [-0.4, -0.2) is 75.5 Å². The molecule has 3 heterocycles. The van der Waals surface area contributed by atoms with Crippen molar-refractivity contribution in [1.82, 2.24) is 14.9 Å². The minimum atomic E-state index is -4.79. The highest BCUT2D eigenvalue weighted by Crippen LogP contribution is 2.66. The first-order valence-corrected chi connectivity index (χ1v) is 17.7. The standard InChI is InChI=1S/C37H31Cl2F3N4O9/c1-54-25-12-19(47)13-26(55-2)29(25)30-20-7-8-21-28(34(52)45(32(21)50)10-9-27(48)49)22(20)14-23-33(51)46(35(53)36(23,30)16-3-5-18(38)6-4-16)44-31-24(39)11-17(15-43-31)37(40,41)42/h3-7,11-13,15,21-23,28,30,47H,8-10,14H2,1-2H3,(H,43,44)(H,48,49). The van der Waals surface area contributed by atoms with Crippen LogP contribution in [0.5, 0.6) is 17.2 Å². The van der Waals surface area contributed by atoms with Gasteiger partial charge in [-0.25, -0.2) is 4.98 Å². The summed E-state index contributed by atoms with van der Waals surface area (Å²) in [6.45, 7) is -0.362. The van der Waals surface area contributed by atoms with Crippen molar-refractivity contribution >= 4 is 58.6 Å². The summed E-state index contributed by atoms with van der Waals surface area (Å²) in [6.07, 6.45) is -3.18. The van der Waals surface area contributed by atoms with Gasteiger partial charge in [-0.3, -0.25) is 34.3 Å². The van der Waals surface area contributed by atoms with Crippen LogP contribution in [-0.2, 0) is 35.6 Å². The molecule has 0 radical (unpaired) electrons. The Bertz CT molecular complexity index is 2160. The molecule has 1 aromatic heterocycles. The maximum absolute atomic E-state index is 15.4. The normalized spacial score (nSPS) is 26.0. The van der Waals surface area contributed by atoms with E-state index in [4.69, 9.17) is 32.7 Å². The Labute approximate surface area is 320 Å². The van der Waals surface area contributed by atoms with E-state index >= 15 is 4.79 Å². The van der Waals surface area contributed by atoms with Crippen LogP contribution in [0.2, 0.25) is 10.0 Å². The number of carbonyl (C=O) groups is 5. The number of nitrogens with zero attached hydrogens (tertiary/aromatic N) is 3. The van der Waals surface area contributed by atoms with Gasteiger partial charge < -0.3 is 19.7 Å². The fourth-order valence-corrected chi connectivity index (χ4v) is 9.13. The van der Waals surface area contributed by atoms with Crippen molar-refractivity contribution in [2.75, 3.05) is 26.2 Å². The lowest BCUT2D eigenvalue weighted by Gasteiger charge is -2.51. The molecule has 2 aliphatic carbocycles. The molecule has 6 atom stereocenters. The summed E-state index contributed by atoms with van der Waals surface area (Å²) in [5.41, 5.74) is 0.459. The average molecular weight is 804 g/mol. The number of aromatic nitrogens is 1. The molecule has 13 nitrogen and oxygen atoms in total. The third-order valence-corrected chi connectivity index (χ3v) is 11.6. The molecule has 18 heteroatoms. The molecule has 3 fully saturated rings. The monoisotopic (exact) mass is 802 g/mol. The second-order valence-corrected chi connectivity index (χ2v) is 14.5. The van der Waals surface area contributed by atoms with Crippen LogP contribution in [0.3, 0.4) is 0 Å². The number of phenols is 1. The van der Waals surface area contributed by atoms with Crippen LogP contribution in [0.1, 0.15) is 41.9 Å². The molecule has 7 rings (SSSR count). The zero-order valence-electron chi connectivity index (χ0n) is 28.9. The molecular weight excluding hydrogens is 772 g/mol. The number of pyridine rings is 1. The highest BCUT2D eigenvalue weighted by molar-refractivity contribution is 6.33. The number of carbonyl (C=O) groups excluding carboxylic acids is 4. The number of carboxylic acid groups (broad SMARTS) is 1. The molecule has 4 amide bonds. The number of fused-ring (bicyclic) bond motifs is 4. The number of aliphatic carboxylic acids is 1. The fraction of sp³-hybridized carbons (Fsp3) is 0.351. The minimum absolute atomic E-state index is 0.0282. The molecule has 288 valence electrons. The number of alkyl halides is 3. The highest BCUT2D eigenvalue weighted by Gasteiger charge is 2.71. The van der Waals surface area contributed by atoms with Crippen LogP contribution in [0, 0.1) is 23.7 Å². The van der Waals surface area contributed by atoms with Crippen molar-refractivity contribution in [2.24, 2.45) is 23.7 Å². The molecule has 0 spiro atoms. The Morgan fingerprint density at radius 2 is 1.65 bits per heavy atom. The Kier molecular flexibility index (Phi) is 9.48. The van der Waals surface area contributed by atoms with Crippen LogP contribution in [0.15, 0.2) is 60.3 Å². The molecule has 3 N–H and O–H groups in total. The molecule has 4 aliphatic rings. The number of hydrogen-bond donors (Lipinski definition) is 3. The summed E-state index contributed by atoms with van der Waals surface area (Å²) in [6, 6.07) is 9.33. The summed E-state index contributed by atoms with van der Waals surface area (Å²) < 4.78 is 52.0. The van der Waals surface area contributed by atoms with E-state index in [9.17, 15) is 42.6 Å². The summed E-state index contributed by atoms with van der Waals surface area (Å²) in [5, 5.41) is 20.4. The summed E-state index contributed by atoms with van der Waals surface area (Å²) >= 11 is 12.5. The fourth-order valence-electron chi connectivity index (χ4n) is 8.80. The van der Waals surface area contributed by atoms with Gasteiger partial charge in [-0.1, -0.05) is 47.0 Å². The third-order valence-electron chi connectivity index (χ3n) is 11.0. The van der Waals surface area contributed by atoms with Gasteiger partial charge in [0.05, 0.1) is 54.4 Å². The largest absolute Gasteiger partial charge is 0.508 e. The topological polar surface area (TPSA) is 176 Å². The van der Waals surface area contributed by atoms with Gasteiger partial charge in [-0.15, -0.1) is 0 Å². The number of amides is 4. The number of aromatic hydroxyl groups is 1. The van der Waals surface area contributed by atoms with Gasteiger partial charge >= 0.3 is 12.1 Å². The minimum Gasteiger partial charge on any atom is -0.508 e. The predicted octanol–water partition coefficient (Wildman–Crippen LogP) is 5.59. The van der Waals surface area contributed by atoms with E-state index in [1.54, 1.807) is 18.2 Å². The Hall–Kier alpha value is -5.35. The molecule has 55 heavy (non-hydrogen) atoms. The number of benzene rings is 2. The van der Waals surface area contributed by atoms with Crippen molar-refractivity contribution in [3.05, 3.63) is 87.0 Å². The summed E-state index contributed by atoms with van der Waals surface area (Å²) in [7, 11) is 2.64. The number of hydrazine groups is 1. The Morgan fingerprint density at radius 3 is 2.24 bits per heavy atom. The lowest BCUT2D eigenvalue weighted by atomic mass is 9.49. The Morgan fingerprint density at radius 1 is 1.00 bits per heavy atom. The van der Waals surface area contributed by atoms with E-state index in [1.807, 2.05) is 0 Å². The van der Waals surface area contributed by atoms with Gasteiger partial charge in [-0.05, 0) is 42.5 Å². The SMILES string of the molecule is COc1cc(O)cc(OC)c1C1C2=CCC3C(=O)N(CCC(=O)O)C(=O)C3C2CC2C(=O)N(Nc3ncc(C(F)(F)F)cc3Cl)C(=O)C21c1ccc(Cl)cc1. The van der Waals surface area contributed by atoms with E-state index < -0.39 is 93.6 Å². The van der Waals surface area contributed by atoms with Crippen molar-refractivity contribution in [3.8, 4) is 17.2 Å². The smallest absolute Gasteiger partial charge is 0.417 e. The van der Waals surface area contributed by atoms with Crippen molar-refractivity contribution in [2.45, 2.75) is 36.8 Å². The predicted molar refractivity (Wildman–Crippen MR) is 187 cm³/mol. The number of halogens is 5. The molecule has 0 bridgehead atoms. The Balaban J connectivity index is 1.47. The molecule has 6 unspecified atom stereocenters. The second-order valence-electron chi connectivity index (χ2n) is 13.7. The first-order chi connectivity index (χ1) is 26.0. The van der Waals surface area contributed by atoms with E-state index in [1.165, 1.54) is 38.5 Å². The number of hydrogen-bond acceptors (Lipinski definition) is 10. The van der Waals surface area contributed by atoms with Crippen LogP contribution in [0.25, 0.3) is 0 Å². The van der Waals surface area contributed by atoms with Crippen LogP contribution in [0.4, 0.5) is 19.0 Å². The lowest BCUT2D eigenvalue weighted by molar-refractivity contribution is -0.143. The summed E-state index contributed by atoms with van der Waals surface area (Å²) in [4.78, 5) is 74.1. The van der Waals surface area contributed by atoms with Crippen molar-refractivity contribution in [1.29, 1.82) is 0 Å². The maximum atomic E-state index is 15.4. The van der Waals surface area contributed by atoms with Gasteiger partial charge in [0.2, 0.25) is 11.8 Å². The first-order valence-electron chi connectivity index (χ1n) is 16.9. The van der Waals surface area contributed by atoms with Gasteiger partial charge in [0.15, 0.2) is 5.82 Å². The number of anilines is 1. The molecule has 2 saturated heterocycles. The van der Waals surface area contributed by atoms with Crippen molar-refractivity contribution < 1.29 is 56.8 Å². The number of methoxy groups -OCH3 is 2. The third kappa shape index (κ3) is 5.93. The number of phenolic OH excluding ortho intramolecular Hbond substituents is 1. The van der Waals surface area contributed by atoms with Gasteiger partial charge in [0.1, 0.15) is 17.2 Å². The lowest BCUT2D eigenvalue weighted by Crippen LogP contribution is -2.53. The molecule has 2 aliphatic heterocycles. The van der Waals surface area contributed by atoms with Crippen molar-refractivity contribution in [3.63, 3.8) is 0 Å². The number of rotatable bonds is 9. The number of imide groups is 2. The van der Waals surface area contributed by atoms with Gasteiger partial charge in [-0.2, -0.15) is 18.2 Å². The second kappa shape index (κ2) is 13.7. The maximum Gasteiger partial charge on any atom is 0.417 e. The number of likely N-dealkylation sites (tertiary alicyclic amines) is 1. The summed E-state index contributed by atoms with van der Waals surface area (Å²) in [5.74, 6) is -10.0. The molecule has 1 saturated carbocycles. The average Bonchev–Trinajstić information content (AvgIpc) is 3.51. The number of carboxylic acids is 1. The molecule has 2 aromatic carbocycles. The molecular formula is C37H31Cl2F3N4O9. The zero-order chi connectivity index (χ0) is 39.7.